The molecule has 0 spiro atoms. The number of likely N-dealkylation sites (N-methyl/N-ethyl adjacent to an activating group) is 1. The molecule has 3 rings (SSSR count). The summed E-state index contributed by atoms with van der Waals surface area (Å²) in [5.74, 6) is -0.429. The summed E-state index contributed by atoms with van der Waals surface area (Å²) in [4.78, 5) is 16.3. The lowest BCUT2D eigenvalue weighted by Crippen LogP contribution is -2.42. The average molecular weight is 369 g/mol. The zero-order chi connectivity index (χ0) is 19.8. The zero-order valence-electron chi connectivity index (χ0n) is 15.5. The van der Waals surface area contributed by atoms with Crippen LogP contribution in [0.15, 0.2) is 41.6 Å². The van der Waals surface area contributed by atoms with Crippen molar-refractivity contribution >= 4 is 29.0 Å². The summed E-state index contributed by atoms with van der Waals surface area (Å²) in [6, 6.07) is 5.98. The number of rotatable bonds is 4. The van der Waals surface area contributed by atoms with Crippen molar-refractivity contribution in [3.8, 4) is 0 Å². The van der Waals surface area contributed by atoms with Gasteiger partial charge in [0.05, 0.1) is 16.7 Å². The minimum absolute atomic E-state index is 0.00493. The van der Waals surface area contributed by atoms with E-state index in [2.05, 4.69) is 35.4 Å². The maximum atomic E-state index is 14.6. The van der Waals surface area contributed by atoms with Gasteiger partial charge in [-0.05, 0) is 44.5 Å². The van der Waals surface area contributed by atoms with Crippen LogP contribution in [0.25, 0.3) is 5.57 Å². The first-order valence-electron chi connectivity index (χ1n) is 8.36. The van der Waals surface area contributed by atoms with E-state index in [4.69, 9.17) is 0 Å². The molecular formula is C19H20FN5O2. The normalized spacial score (nSPS) is 15.4. The van der Waals surface area contributed by atoms with Crippen LogP contribution in [0.2, 0.25) is 0 Å². The van der Waals surface area contributed by atoms with Crippen LogP contribution >= 0.6 is 0 Å². The van der Waals surface area contributed by atoms with Crippen LogP contribution in [0.5, 0.6) is 0 Å². The molecule has 1 aliphatic rings. The Morgan fingerprint density at radius 3 is 2.85 bits per heavy atom. The van der Waals surface area contributed by atoms with Gasteiger partial charge < -0.3 is 4.90 Å². The third-order valence-electron chi connectivity index (χ3n) is 4.69. The molecule has 2 aromatic rings. The van der Waals surface area contributed by atoms with Crippen molar-refractivity contribution in [2.24, 2.45) is 5.10 Å². The summed E-state index contributed by atoms with van der Waals surface area (Å²) in [6.45, 7) is 6.12. The Morgan fingerprint density at radius 1 is 1.41 bits per heavy atom. The molecular weight excluding hydrogens is 349 g/mol. The number of anilines is 2. The fraction of sp³-hybridized carbons (Fsp3) is 0.263. The van der Waals surface area contributed by atoms with Gasteiger partial charge in [-0.3, -0.25) is 15.5 Å². The number of benzene rings is 1. The van der Waals surface area contributed by atoms with Crippen molar-refractivity contribution in [2.75, 3.05) is 17.4 Å². The first kappa shape index (κ1) is 18.5. The summed E-state index contributed by atoms with van der Waals surface area (Å²) >= 11 is 0. The molecule has 1 aliphatic heterocycles. The SMILES string of the molecule is CC1=CC(C)(C)N(C)c2cc(F)c(/C=N\Nc3ncccc3[N+](=O)[O-])cc21. The van der Waals surface area contributed by atoms with Crippen molar-refractivity contribution in [3.63, 3.8) is 0 Å². The second-order valence-electron chi connectivity index (χ2n) is 6.93. The Balaban J connectivity index is 1.91. The number of hydrogen-bond donors (Lipinski definition) is 1. The number of halogens is 1. The molecule has 0 fully saturated rings. The number of hydrogen-bond acceptors (Lipinski definition) is 6. The number of hydrazone groups is 1. The van der Waals surface area contributed by atoms with Crippen molar-refractivity contribution in [1.82, 2.24) is 4.98 Å². The quantitative estimate of drug-likeness (QED) is 0.496. The minimum atomic E-state index is -0.559. The highest BCUT2D eigenvalue weighted by atomic mass is 19.1. The topological polar surface area (TPSA) is 83.7 Å². The van der Waals surface area contributed by atoms with E-state index in [1.807, 2.05) is 18.9 Å². The molecule has 1 N–H and O–H groups in total. The van der Waals surface area contributed by atoms with Crippen molar-refractivity contribution < 1.29 is 9.31 Å². The number of allylic oxidation sites excluding steroid dienone is 1. The lowest BCUT2D eigenvalue weighted by atomic mass is 9.88. The Kier molecular flexibility index (Phi) is 4.65. The average Bonchev–Trinajstić information content (AvgIpc) is 2.60. The molecule has 0 atom stereocenters. The van der Waals surface area contributed by atoms with E-state index in [-0.39, 0.29) is 22.6 Å². The van der Waals surface area contributed by atoms with Gasteiger partial charge in [-0.15, -0.1) is 0 Å². The largest absolute Gasteiger partial charge is 0.365 e. The lowest BCUT2D eigenvalue weighted by molar-refractivity contribution is -0.384. The van der Waals surface area contributed by atoms with Gasteiger partial charge in [0.25, 0.3) is 0 Å². The molecule has 0 radical (unpaired) electrons. The van der Waals surface area contributed by atoms with Crippen molar-refractivity contribution in [3.05, 3.63) is 63.6 Å². The van der Waals surface area contributed by atoms with Gasteiger partial charge >= 0.3 is 5.69 Å². The Hall–Kier alpha value is -3.29. The summed E-state index contributed by atoms with van der Waals surface area (Å²) < 4.78 is 14.6. The van der Waals surface area contributed by atoms with E-state index in [0.29, 0.717) is 0 Å². The zero-order valence-corrected chi connectivity index (χ0v) is 15.5. The Morgan fingerprint density at radius 2 is 2.15 bits per heavy atom. The fourth-order valence-corrected chi connectivity index (χ4v) is 3.08. The summed E-state index contributed by atoms with van der Waals surface area (Å²) in [7, 11) is 1.93. The molecule has 0 aliphatic carbocycles. The van der Waals surface area contributed by atoms with E-state index in [1.165, 1.54) is 30.6 Å². The van der Waals surface area contributed by atoms with Crippen LogP contribution < -0.4 is 10.3 Å². The standard InChI is InChI=1S/C19H20FN5O2/c1-12-10-19(2,3)24(4)17-9-15(20)13(8-14(12)17)11-22-23-18-16(25(26)27)6-5-7-21-18/h5-11H,1-4H3,(H,21,23)/b22-11-. The summed E-state index contributed by atoms with van der Waals surface area (Å²) in [6.07, 6.45) is 4.83. The molecule has 0 unspecified atom stereocenters. The van der Waals surface area contributed by atoms with Gasteiger partial charge in [-0.25, -0.2) is 9.37 Å². The fourth-order valence-electron chi connectivity index (χ4n) is 3.08. The highest BCUT2D eigenvalue weighted by Gasteiger charge is 2.29. The maximum absolute atomic E-state index is 14.6. The van der Waals surface area contributed by atoms with Gasteiger partial charge in [0.2, 0.25) is 5.82 Å². The molecule has 0 saturated carbocycles. The molecule has 140 valence electrons. The van der Waals surface area contributed by atoms with Crippen LogP contribution in [0, 0.1) is 15.9 Å². The third-order valence-corrected chi connectivity index (χ3v) is 4.69. The van der Waals surface area contributed by atoms with E-state index in [9.17, 15) is 14.5 Å². The highest BCUT2D eigenvalue weighted by molar-refractivity contribution is 5.88. The van der Waals surface area contributed by atoms with E-state index in [1.54, 1.807) is 6.07 Å². The maximum Gasteiger partial charge on any atom is 0.313 e. The minimum Gasteiger partial charge on any atom is -0.365 e. The van der Waals surface area contributed by atoms with Gasteiger partial charge in [-0.2, -0.15) is 5.10 Å². The van der Waals surface area contributed by atoms with E-state index >= 15 is 0 Å². The van der Waals surface area contributed by atoms with Crippen LogP contribution in [-0.4, -0.2) is 28.7 Å². The smallest absolute Gasteiger partial charge is 0.313 e. The first-order chi connectivity index (χ1) is 12.7. The van der Waals surface area contributed by atoms with E-state index in [0.717, 1.165) is 16.8 Å². The van der Waals surface area contributed by atoms with E-state index < -0.39 is 10.7 Å². The van der Waals surface area contributed by atoms with Crippen molar-refractivity contribution in [2.45, 2.75) is 26.3 Å². The van der Waals surface area contributed by atoms with Gasteiger partial charge in [0.15, 0.2) is 0 Å². The number of nitrogens with one attached hydrogen (secondary N) is 1. The molecule has 1 aromatic carbocycles. The molecule has 1 aromatic heterocycles. The molecule has 7 nitrogen and oxygen atoms in total. The number of nitrogens with zero attached hydrogens (tertiary/aromatic N) is 4. The van der Waals surface area contributed by atoms with Gasteiger partial charge in [0.1, 0.15) is 5.82 Å². The third kappa shape index (κ3) is 3.51. The predicted molar refractivity (Wildman–Crippen MR) is 105 cm³/mol. The van der Waals surface area contributed by atoms with Gasteiger partial charge in [-0.1, -0.05) is 6.08 Å². The number of aromatic nitrogens is 1. The molecule has 8 heteroatoms. The van der Waals surface area contributed by atoms with Crippen LogP contribution in [0.1, 0.15) is 31.9 Å². The second kappa shape index (κ2) is 6.79. The molecule has 27 heavy (non-hydrogen) atoms. The number of pyridine rings is 1. The Labute approximate surface area is 156 Å². The Bertz CT molecular complexity index is 969. The molecule has 0 saturated heterocycles. The summed E-state index contributed by atoms with van der Waals surface area (Å²) in [5, 5.41) is 14.9. The summed E-state index contributed by atoms with van der Waals surface area (Å²) in [5.41, 5.74) is 5.15. The molecule has 0 bridgehead atoms. The van der Waals surface area contributed by atoms with Crippen LogP contribution in [-0.2, 0) is 0 Å². The highest BCUT2D eigenvalue weighted by Crippen LogP contribution is 2.38. The van der Waals surface area contributed by atoms with Crippen LogP contribution in [0.4, 0.5) is 21.6 Å². The monoisotopic (exact) mass is 369 g/mol. The van der Waals surface area contributed by atoms with Crippen LogP contribution in [0.3, 0.4) is 0 Å². The molecule has 2 heterocycles. The van der Waals surface area contributed by atoms with Gasteiger partial charge in [0, 0.05) is 36.1 Å². The second-order valence-corrected chi connectivity index (χ2v) is 6.93. The number of nitro groups is 1. The molecule has 0 amide bonds. The first-order valence-corrected chi connectivity index (χ1v) is 8.36. The van der Waals surface area contributed by atoms with Crippen molar-refractivity contribution in [1.29, 1.82) is 0 Å². The predicted octanol–water partition coefficient (Wildman–Crippen LogP) is 4.21. The number of fused-ring (bicyclic) bond motifs is 1. The lowest BCUT2D eigenvalue weighted by Gasteiger charge is -2.40.